The molecule has 1 rings (SSSR count). The van der Waals surface area contributed by atoms with E-state index in [0.717, 1.165) is 6.26 Å². The molecule has 0 unspecified atom stereocenters. The molecule has 106 valence electrons. The van der Waals surface area contributed by atoms with Gasteiger partial charge in [0, 0.05) is 6.26 Å². The molecule has 1 fully saturated rings. The van der Waals surface area contributed by atoms with E-state index in [9.17, 15) is 18.3 Å². The number of aliphatic hydroxyl groups is 1. The van der Waals surface area contributed by atoms with Crippen LogP contribution in [0.3, 0.4) is 0 Å². The third-order valence-corrected chi connectivity index (χ3v) is 3.51. The van der Waals surface area contributed by atoms with Gasteiger partial charge in [-0.05, 0) is 27.2 Å². The Labute approximate surface area is 108 Å². The second-order valence-electron chi connectivity index (χ2n) is 5.94. The van der Waals surface area contributed by atoms with Crippen molar-refractivity contribution in [3.63, 3.8) is 0 Å². The van der Waals surface area contributed by atoms with Gasteiger partial charge >= 0.3 is 6.09 Å². The highest BCUT2D eigenvalue weighted by atomic mass is 32.2. The number of rotatable bonds is 3. The molecule has 0 aliphatic carbocycles. The molecule has 7 heteroatoms. The van der Waals surface area contributed by atoms with E-state index in [2.05, 4.69) is 0 Å². The van der Waals surface area contributed by atoms with E-state index >= 15 is 0 Å². The van der Waals surface area contributed by atoms with Crippen molar-refractivity contribution in [3.05, 3.63) is 0 Å². The Morgan fingerprint density at radius 2 is 1.89 bits per heavy atom. The molecule has 1 amide bonds. The Morgan fingerprint density at radius 3 is 2.28 bits per heavy atom. The predicted octanol–water partition coefficient (Wildman–Crippen LogP) is 0.403. The summed E-state index contributed by atoms with van der Waals surface area (Å²) >= 11 is 0. The lowest BCUT2D eigenvalue weighted by atomic mass is 9.92. The Bertz CT molecular complexity index is 417. The fourth-order valence-electron chi connectivity index (χ4n) is 1.65. The number of ether oxygens (including phenoxy) is 1. The van der Waals surface area contributed by atoms with Crippen molar-refractivity contribution >= 4 is 15.9 Å². The van der Waals surface area contributed by atoms with Gasteiger partial charge in [-0.2, -0.15) is 0 Å². The lowest BCUT2D eigenvalue weighted by molar-refractivity contribution is -0.0991. The molecule has 0 radical (unpaired) electrons. The third kappa shape index (κ3) is 4.81. The van der Waals surface area contributed by atoms with Crippen LogP contribution >= 0.6 is 0 Å². The SMILES string of the molecule is CC(C)(C)OC(=O)N1CC(O)(CCS(C)(=O)=O)C1. The third-order valence-electron chi connectivity index (χ3n) is 2.56. The Morgan fingerprint density at radius 1 is 1.39 bits per heavy atom. The maximum atomic E-state index is 11.6. The number of β-amino-alcohol motifs (C(OH)–C–C–N with tert-alkyl or cyclic N) is 1. The first kappa shape index (κ1) is 15.2. The first-order valence-corrected chi connectivity index (χ1v) is 7.84. The fraction of sp³-hybridized carbons (Fsp3) is 0.909. The molecule has 0 atom stereocenters. The smallest absolute Gasteiger partial charge is 0.410 e. The van der Waals surface area contributed by atoms with E-state index in [0.29, 0.717) is 0 Å². The monoisotopic (exact) mass is 279 g/mol. The second-order valence-corrected chi connectivity index (χ2v) is 8.20. The maximum Gasteiger partial charge on any atom is 0.410 e. The van der Waals surface area contributed by atoms with E-state index < -0.39 is 27.1 Å². The minimum Gasteiger partial charge on any atom is -0.444 e. The molecule has 6 nitrogen and oxygen atoms in total. The quantitative estimate of drug-likeness (QED) is 0.808. The highest BCUT2D eigenvalue weighted by Crippen LogP contribution is 2.26. The van der Waals surface area contributed by atoms with Gasteiger partial charge in [0.05, 0.1) is 18.8 Å². The molecule has 1 aliphatic rings. The topological polar surface area (TPSA) is 83.9 Å². The van der Waals surface area contributed by atoms with Gasteiger partial charge in [0.2, 0.25) is 0 Å². The van der Waals surface area contributed by atoms with Crippen LogP contribution in [0, 0.1) is 0 Å². The summed E-state index contributed by atoms with van der Waals surface area (Å²) in [5.74, 6) is -0.0777. The lowest BCUT2D eigenvalue weighted by Crippen LogP contribution is -2.64. The molecule has 1 heterocycles. The number of hydrogen-bond donors (Lipinski definition) is 1. The summed E-state index contributed by atoms with van der Waals surface area (Å²) in [5.41, 5.74) is -1.67. The van der Waals surface area contributed by atoms with Gasteiger partial charge in [-0.1, -0.05) is 0 Å². The van der Waals surface area contributed by atoms with Crippen molar-refractivity contribution in [1.82, 2.24) is 4.90 Å². The largest absolute Gasteiger partial charge is 0.444 e. The van der Waals surface area contributed by atoms with Crippen LogP contribution in [-0.2, 0) is 14.6 Å². The number of sulfone groups is 1. The Kier molecular flexibility index (Phi) is 3.97. The van der Waals surface area contributed by atoms with Gasteiger partial charge in [0.1, 0.15) is 21.0 Å². The summed E-state index contributed by atoms with van der Waals surface area (Å²) in [6, 6.07) is 0. The first-order valence-electron chi connectivity index (χ1n) is 5.78. The summed E-state index contributed by atoms with van der Waals surface area (Å²) in [4.78, 5) is 13.0. The molecule has 1 saturated heterocycles. The van der Waals surface area contributed by atoms with Crippen LogP contribution in [0.15, 0.2) is 0 Å². The summed E-state index contributed by atoms with van der Waals surface area (Å²) in [6.45, 7) is 5.54. The van der Waals surface area contributed by atoms with Crippen LogP contribution < -0.4 is 0 Å². The van der Waals surface area contributed by atoms with Crippen LogP contribution in [0.1, 0.15) is 27.2 Å². The van der Waals surface area contributed by atoms with Crippen LogP contribution in [0.5, 0.6) is 0 Å². The fourth-order valence-corrected chi connectivity index (χ4v) is 2.40. The maximum absolute atomic E-state index is 11.6. The van der Waals surface area contributed by atoms with Gasteiger partial charge < -0.3 is 14.7 Å². The van der Waals surface area contributed by atoms with Crippen LogP contribution in [-0.4, -0.2) is 60.8 Å². The van der Waals surface area contributed by atoms with Crippen molar-refractivity contribution in [2.75, 3.05) is 25.1 Å². The molecule has 18 heavy (non-hydrogen) atoms. The van der Waals surface area contributed by atoms with Gasteiger partial charge in [0.25, 0.3) is 0 Å². The standard InChI is InChI=1S/C11H21NO5S/c1-10(2,3)17-9(13)12-7-11(14,8-12)5-6-18(4,15)16/h14H,5-8H2,1-4H3. The van der Waals surface area contributed by atoms with Crippen molar-refractivity contribution in [3.8, 4) is 0 Å². The van der Waals surface area contributed by atoms with Gasteiger partial charge in [-0.15, -0.1) is 0 Å². The number of hydrogen-bond acceptors (Lipinski definition) is 5. The molecule has 1 aliphatic heterocycles. The molecule has 0 spiro atoms. The number of nitrogens with zero attached hydrogens (tertiary/aromatic N) is 1. The summed E-state index contributed by atoms with van der Waals surface area (Å²) in [6.07, 6.45) is 0.790. The van der Waals surface area contributed by atoms with Crippen molar-refractivity contribution in [1.29, 1.82) is 0 Å². The van der Waals surface area contributed by atoms with E-state index in [-0.39, 0.29) is 25.3 Å². The van der Waals surface area contributed by atoms with E-state index in [1.807, 2.05) is 0 Å². The van der Waals surface area contributed by atoms with E-state index in [1.54, 1.807) is 20.8 Å². The van der Waals surface area contributed by atoms with Gasteiger partial charge in [0.15, 0.2) is 0 Å². The molecule has 0 saturated carbocycles. The minimum atomic E-state index is -3.09. The van der Waals surface area contributed by atoms with Gasteiger partial charge in [-0.3, -0.25) is 0 Å². The molecule has 0 aromatic rings. The molecule has 0 aromatic carbocycles. The summed E-state index contributed by atoms with van der Waals surface area (Å²) < 4.78 is 27.1. The molecular formula is C11H21NO5S. The molecule has 1 N–H and O–H groups in total. The van der Waals surface area contributed by atoms with Crippen LogP contribution in [0.2, 0.25) is 0 Å². The van der Waals surface area contributed by atoms with Crippen LogP contribution in [0.25, 0.3) is 0 Å². The summed E-state index contributed by atoms with van der Waals surface area (Å²) in [5, 5.41) is 9.98. The van der Waals surface area contributed by atoms with Crippen molar-refractivity contribution in [2.24, 2.45) is 0 Å². The molecule has 0 aromatic heterocycles. The highest BCUT2D eigenvalue weighted by Gasteiger charge is 2.45. The predicted molar refractivity (Wildman–Crippen MR) is 67.1 cm³/mol. The van der Waals surface area contributed by atoms with Gasteiger partial charge in [-0.25, -0.2) is 13.2 Å². The molecule has 0 bridgehead atoms. The highest BCUT2D eigenvalue weighted by molar-refractivity contribution is 7.90. The average Bonchev–Trinajstić information content (AvgIpc) is 2.06. The lowest BCUT2D eigenvalue weighted by Gasteiger charge is -2.46. The van der Waals surface area contributed by atoms with E-state index in [1.165, 1.54) is 4.90 Å². The number of amides is 1. The zero-order valence-corrected chi connectivity index (χ0v) is 12.1. The second kappa shape index (κ2) is 4.70. The Balaban J connectivity index is 2.41. The van der Waals surface area contributed by atoms with Crippen molar-refractivity contribution in [2.45, 2.75) is 38.4 Å². The number of likely N-dealkylation sites (tertiary alicyclic amines) is 1. The van der Waals surface area contributed by atoms with E-state index in [4.69, 9.17) is 4.74 Å². The number of carbonyl (C=O) groups excluding carboxylic acids is 1. The summed E-state index contributed by atoms with van der Waals surface area (Å²) in [7, 11) is -3.09. The zero-order chi connectivity index (χ0) is 14.2. The van der Waals surface area contributed by atoms with Crippen molar-refractivity contribution < 1.29 is 23.1 Å². The normalized spacial score (nSPS) is 19.3. The Hall–Kier alpha value is -0.820. The first-order chi connectivity index (χ1) is 7.90. The zero-order valence-electron chi connectivity index (χ0n) is 11.3. The van der Waals surface area contributed by atoms with Crippen LogP contribution in [0.4, 0.5) is 4.79 Å². The number of carbonyl (C=O) groups is 1. The molecular weight excluding hydrogens is 258 g/mol. The minimum absolute atomic E-state index is 0.0777. The average molecular weight is 279 g/mol.